The van der Waals surface area contributed by atoms with Crippen molar-refractivity contribution in [3.8, 4) is 27.9 Å². The van der Waals surface area contributed by atoms with Crippen LogP contribution in [0.1, 0.15) is 28.9 Å². The van der Waals surface area contributed by atoms with Crippen LogP contribution < -0.4 is 10.6 Å². The van der Waals surface area contributed by atoms with Gasteiger partial charge in [0, 0.05) is 22.2 Å². The van der Waals surface area contributed by atoms with Crippen LogP contribution in [0.3, 0.4) is 0 Å². The lowest BCUT2D eigenvalue weighted by Gasteiger charge is -2.33. The van der Waals surface area contributed by atoms with Crippen molar-refractivity contribution in [1.82, 2.24) is 15.2 Å². The van der Waals surface area contributed by atoms with Gasteiger partial charge >= 0.3 is 0 Å². The van der Waals surface area contributed by atoms with Crippen molar-refractivity contribution < 1.29 is 0 Å². The van der Waals surface area contributed by atoms with Crippen molar-refractivity contribution in [3.05, 3.63) is 217 Å². The summed E-state index contributed by atoms with van der Waals surface area (Å²) in [5, 5.41) is 12.6. The number of fused-ring (bicyclic) bond motifs is 4. The van der Waals surface area contributed by atoms with Crippen molar-refractivity contribution in [2.75, 3.05) is 0 Å². The Morgan fingerprint density at radius 2 is 1.00 bits per heavy atom. The van der Waals surface area contributed by atoms with E-state index in [0.717, 1.165) is 11.4 Å². The molecule has 0 bridgehead atoms. The summed E-state index contributed by atoms with van der Waals surface area (Å²) in [6.45, 7) is 0. The zero-order chi connectivity index (χ0) is 35.1. The van der Waals surface area contributed by atoms with Crippen LogP contribution in [0, 0.1) is 0 Å². The third-order valence-electron chi connectivity index (χ3n) is 10.7. The van der Waals surface area contributed by atoms with Crippen molar-refractivity contribution in [3.63, 3.8) is 0 Å². The number of hydrogen-bond donors (Lipinski definition) is 2. The van der Waals surface area contributed by atoms with E-state index >= 15 is 0 Å². The first kappa shape index (κ1) is 31.1. The molecular formula is C50H37N3. The van der Waals surface area contributed by atoms with Crippen LogP contribution in [-0.4, -0.2) is 4.57 Å². The van der Waals surface area contributed by atoms with Crippen molar-refractivity contribution in [1.29, 1.82) is 0 Å². The first-order valence-electron chi connectivity index (χ1n) is 18.3. The fraction of sp³-hybridized carbons (Fsp3) is 0.0400. The smallest absolute Gasteiger partial charge is 0.104 e. The highest BCUT2D eigenvalue weighted by Crippen LogP contribution is 2.37. The van der Waals surface area contributed by atoms with Gasteiger partial charge in [-0.05, 0) is 86.1 Å². The molecule has 53 heavy (non-hydrogen) atoms. The molecule has 0 spiro atoms. The first-order valence-corrected chi connectivity index (χ1v) is 18.3. The molecule has 9 aromatic rings. The number of nitrogens with zero attached hydrogens (tertiary/aromatic N) is 1. The molecule has 2 heterocycles. The molecule has 0 fully saturated rings. The summed E-state index contributed by atoms with van der Waals surface area (Å²) in [6.07, 6.45) is 2.30. The van der Waals surface area contributed by atoms with Gasteiger partial charge in [0.25, 0.3) is 0 Å². The Labute approximate surface area is 309 Å². The van der Waals surface area contributed by atoms with Crippen LogP contribution in [0.4, 0.5) is 0 Å². The van der Waals surface area contributed by atoms with E-state index in [9.17, 15) is 0 Å². The van der Waals surface area contributed by atoms with Gasteiger partial charge in [0.15, 0.2) is 0 Å². The Hall–Kier alpha value is -6.68. The molecule has 0 radical (unpaired) electrons. The molecule has 1 aliphatic rings. The Morgan fingerprint density at radius 3 is 1.77 bits per heavy atom. The highest BCUT2D eigenvalue weighted by atomic mass is 15.2. The number of rotatable bonds is 6. The van der Waals surface area contributed by atoms with Crippen LogP contribution in [0.25, 0.3) is 66.2 Å². The maximum Gasteiger partial charge on any atom is 0.104 e. The van der Waals surface area contributed by atoms with Crippen molar-refractivity contribution >= 4 is 38.3 Å². The molecule has 0 amide bonds. The molecule has 2 atom stereocenters. The molecule has 10 rings (SSSR count). The average molecular weight is 680 g/mol. The Bertz CT molecular complexity index is 2760. The molecule has 1 aliphatic heterocycles. The monoisotopic (exact) mass is 679 g/mol. The van der Waals surface area contributed by atoms with Crippen LogP contribution in [0.2, 0.25) is 0 Å². The van der Waals surface area contributed by atoms with E-state index in [-0.39, 0.29) is 12.2 Å². The summed E-state index contributed by atoms with van der Waals surface area (Å²) in [5.74, 6) is 0. The number of para-hydroxylation sites is 1. The SMILES string of the molecule is C1=C(c2ccc(-c3ccc(-n4c5ccccc5c5cc(-c6cccc7ccccc67)ccc54)cc3)cc2)NC(c2ccccc2)NC1c1ccccc1. The standard InChI is InChI=1S/C50H37N3/c1-3-13-37(14-4-1)46-33-47(52-50(51-46)39-15-5-2-6-16-39)38-24-22-34(23-25-38)35-26-29-41(30-27-35)53-48-21-10-9-19-44(48)45-32-40(28-31-49(45)53)43-20-11-17-36-12-7-8-18-42(36)43/h1-33,46,50-52H. The molecule has 2 N–H and O–H groups in total. The van der Waals surface area contributed by atoms with Gasteiger partial charge in [0.2, 0.25) is 0 Å². The second kappa shape index (κ2) is 13.1. The van der Waals surface area contributed by atoms with Gasteiger partial charge in [-0.2, -0.15) is 0 Å². The second-order valence-corrected chi connectivity index (χ2v) is 13.9. The summed E-state index contributed by atoms with van der Waals surface area (Å²) >= 11 is 0. The largest absolute Gasteiger partial charge is 0.366 e. The predicted molar refractivity (Wildman–Crippen MR) is 222 cm³/mol. The summed E-state index contributed by atoms with van der Waals surface area (Å²) in [4.78, 5) is 0. The van der Waals surface area contributed by atoms with Gasteiger partial charge in [0.05, 0.1) is 17.1 Å². The first-order chi connectivity index (χ1) is 26.3. The molecule has 2 unspecified atom stereocenters. The zero-order valence-corrected chi connectivity index (χ0v) is 29.2. The minimum atomic E-state index is -0.000663. The molecule has 0 saturated heterocycles. The minimum Gasteiger partial charge on any atom is -0.366 e. The molecule has 0 aliphatic carbocycles. The Morgan fingerprint density at radius 1 is 0.415 bits per heavy atom. The maximum absolute atomic E-state index is 3.79. The average Bonchev–Trinajstić information content (AvgIpc) is 3.58. The van der Waals surface area contributed by atoms with E-state index in [1.54, 1.807) is 0 Å². The van der Waals surface area contributed by atoms with E-state index < -0.39 is 0 Å². The van der Waals surface area contributed by atoms with Gasteiger partial charge in [-0.25, -0.2) is 0 Å². The number of benzene rings is 8. The number of hydrogen-bond acceptors (Lipinski definition) is 2. The lowest BCUT2D eigenvalue weighted by Crippen LogP contribution is -2.39. The van der Waals surface area contributed by atoms with E-state index in [2.05, 4.69) is 215 Å². The Kier molecular flexibility index (Phi) is 7.71. The van der Waals surface area contributed by atoms with Crippen LogP contribution in [-0.2, 0) is 0 Å². The van der Waals surface area contributed by atoms with Gasteiger partial charge in [-0.15, -0.1) is 0 Å². The van der Waals surface area contributed by atoms with E-state index in [4.69, 9.17) is 0 Å². The fourth-order valence-electron chi connectivity index (χ4n) is 8.04. The van der Waals surface area contributed by atoms with Crippen molar-refractivity contribution in [2.45, 2.75) is 12.2 Å². The third kappa shape index (κ3) is 5.68. The molecular weight excluding hydrogens is 643 g/mol. The lowest BCUT2D eigenvalue weighted by atomic mass is 9.97. The maximum atomic E-state index is 3.79. The lowest BCUT2D eigenvalue weighted by molar-refractivity contribution is 0.442. The van der Waals surface area contributed by atoms with Crippen LogP contribution in [0.15, 0.2) is 200 Å². The molecule has 3 nitrogen and oxygen atoms in total. The van der Waals surface area contributed by atoms with Crippen LogP contribution >= 0.6 is 0 Å². The highest BCUT2D eigenvalue weighted by molar-refractivity contribution is 6.11. The summed E-state index contributed by atoms with van der Waals surface area (Å²) in [6, 6.07) is 70.2. The van der Waals surface area contributed by atoms with Gasteiger partial charge < -0.3 is 9.88 Å². The molecule has 8 aromatic carbocycles. The third-order valence-corrected chi connectivity index (χ3v) is 10.7. The summed E-state index contributed by atoms with van der Waals surface area (Å²) in [7, 11) is 0. The summed E-state index contributed by atoms with van der Waals surface area (Å²) < 4.78 is 2.39. The molecule has 0 saturated carbocycles. The summed E-state index contributed by atoms with van der Waals surface area (Å²) in [5.41, 5.74) is 13.2. The number of nitrogens with one attached hydrogen (secondary N) is 2. The quantitative estimate of drug-likeness (QED) is 0.183. The predicted octanol–water partition coefficient (Wildman–Crippen LogP) is 12.2. The number of aromatic nitrogens is 1. The molecule has 3 heteroatoms. The van der Waals surface area contributed by atoms with Gasteiger partial charge in [0.1, 0.15) is 6.17 Å². The highest BCUT2D eigenvalue weighted by Gasteiger charge is 2.24. The normalized spacial score (nSPS) is 15.7. The second-order valence-electron chi connectivity index (χ2n) is 13.9. The molecule has 252 valence electrons. The van der Waals surface area contributed by atoms with Gasteiger partial charge in [-0.3, -0.25) is 5.32 Å². The van der Waals surface area contributed by atoms with E-state index in [1.807, 2.05) is 0 Å². The molecule has 1 aromatic heterocycles. The minimum absolute atomic E-state index is 0.000663. The zero-order valence-electron chi connectivity index (χ0n) is 29.2. The topological polar surface area (TPSA) is 29.0 Å². The fourth-order valence-corrected chi connectivity index (χ4v) is 8.04. The van der Waals surface area contributed by atoms with E-state index in [0.29, 0.717) is 0 Å². The van der Waals surface area contributed by atoms with Crippen molar-refractivity contribution in [2.24, 2.45) is 0 Å². The van der Waals surface area contributed by atoms with Gasteiger partial charge in [-0.1, -0.05) is 164 Å². The van der Waals surface area contributed by atoms with E-state index in [1.165, 1.54) is 71.5 Å². The Balaban J connectivity index is 0.969. The van der Waals surface area contributed by atoms with Crippen LogP contribution in [0.5, 0.6) is 0 Å².